The van der Waals surface area contributed by atoms with Gasteiger partial charge < -0.3 is 19.9 Å². The second kappa shape index (κ2) is 8.80. The SMILES string of the molecule is CC(O)(Cn1ccccc1=O)C(=O)Nc1ccc2c(c1)N(C(=O)Cc1ccccc1)CC2. The summed E-state index contributed by atoms with van der Waals surface area (Å²) in [5.74, 6) is -0.637. The van der Waals surface area contributed by atoms with Crippen LogP contribution in [0.25, 0.3) is 0 Å². The monoisotopic (exact) mass is 431 g/mol. The van der Waals surface area contributed by atoms with Gasteiger partial charge in [-0.25, -0.2) is 0 Å². The van der Waals surface area contributed by atoms with Crippen molar-refractivity contribution >= 4 is 23.2 Å². The Hall–Kier alpha value is -3.71. The van der Waals surface area contributed by atoms with Crippen molar-refractivity contribution in [2.45, 2.75) is 31.9 Å². The minimum absolute atomic E-state index is 0.00567. The first-order chi connectivity index (χ1) is 15.3. The zero-order chi connectivity index (χ0) is 22.7. The van der Waals surface area contributed by atoms with Gasteiger partial charge in [-0.1, -0.05) is 42.5 Å². The molecule has 1 unspecified atom stereocenters. The van der Waals surface area contributed by atoms with E-state index in [2.05, 4.69) is 5.32 Å². The highest BCUT2D eigenvalue weighted by Crippen LogP contribution is 2.31. The minimum atomic E-state index is -1.80. The van der Waals surface area contributed by atoms with E-state index in [1.807, 2.05) is 36.4 Å². The largest absolute Gasteiger partial charge is 0.378 e. The van der Waals surface area contributed by atoms with Crippen molar-refractivity contribution in [1.82, 2.24) is 4.57 Å². The number of fused-ring (bicyclic) bond motifs is 1. The van der Waals surface area contributed by atoms with Gasteiger partial charge in [0.2, 0.25) is 5.91 Å². The summed E-state index contributed by atoms with van der Waals surface area (Å²) in [6.45, 7) is 1.78. The highest BCUT2D eigenvalue weighted by atomic mass is 16.3. The topological polar surface area (TPSA) is 91.6 Å². The van der Waals surface area contributed by atoms with Gasteiger partial charge in [-0.2, -0.15) is 0 Å². The first-order valence-corrected chi connectivity index (χ1v) is 10.5. The van der Waals surface area contributed by atoms with Crippen molar-refractivity contribution < 1.29 is 14.7 Å². The average Bonchev–Trinajstić information content (AvgIpc) is 3.19. The summed E-state index contributed by atoms with van der Waals surface area (Å²) in [5, 5.41) is 13.4. The van der Waals surface area contributed by atoms with Crippen molar-refractivity contribution in [3.8, 4) is 0 Å². The van der Waals surface area contributed by atoms with Crippen LogP contribution in [0.5, 0.6) is 0 Å². The number of hydrogen-bond donors (Lipinski definition) is 2. The smallest absolute Gasteiger partial charge is 0.257 e. The van der Waals surface area contributed by atoms with Crippen molar-refractivity contribution in [3.63, 3.8) is 0 Å². The van der Waals surface area contributed by atoms with E-state index in [1.165, 1.54) is 23.8 Å². The molecule has 2 aromatic carbocycles. The zero-order valence-corrected chi connectivity index (χ0v) is 17.8. The van der Waals surface area contributed by atoms with Crippen LogP contribution in [0.2, 0.25) is 0 Å². The minimum Gasteiger partial charge on any atom is -0.378 e. The van der Waals surface area contributed by atoms with Crippen LogP contribution in [0.1, 0.15) is 18.1 Å². The predicted molar refractivity (Wildman–Crippen MR) is 123 cm³/mol. The summed E-state index contributed by atoms with van der Waals surface area (Å²) in [4.78, 5) is 39.3. The standard InChI is InChI=1S/C25H25N3O4/c1-25(32,17-27-13-6-5-9-22(27)29)24(31)26-20-11-10-19-12-14-28(21(19)16-20)23(30)15-18-7-3-2-4-8-18/h2-11,13,16,32H,12,14-15,17H2,1H3,(H,26,31). The number of rotatable bonds is 6. The Labute approximate surface area is 185 Å². The number of nitrogens with zero attached hydrogens (tertiary/aromatic N) is 2. The van der Waals surface area contributed by atoms with Gasteiger partial charge in [0.25, 0.3) is 11.5 Å². The number of carbonyl (C=O) groups excluding carboxylic acids is 2. The molecule has 1 aromatic heterocycles. The maximum atomic E-state index is 12.9. The molecular weight excluding hydrogens is 406 g/mol. The van der Waals surface area contributed by atoms with Crippen molar-refractivity contribution in [2.24, 2.45) is 0 Å². The summed E-state index contributed by atoms with van der Waals surface area (Å²) in [6.07, 6.45) is 2.58. The Morgan fingerprint density at radius 1 is 1.06 bits per heavy atom. The van der Waals surface area contributed by atoms with E-state index in [1.54, 1.807) is 29.2 Å². The molecule has 0 radical (unpaired) electrons. The van der Waals surface area contributed by atoms with Crippen LogP contribution >= 0.6 is 0 Å². The second-order valence-corrected chi connectivity index (χ2v) is 8.20. The third-order valence-corrected chi connectivity index (χ3v) is 5.60. The molecule has 1 aliphatic rings. The molecule has 0 aliphatic carbocycles. The van der Waals surface area contributed by atoms with Gasteiger partial charge in [0, 0.05) is 30.2 Å². The number of aliphatic hydroxyl groups is 1. The summed E-state index contributed by atoms with van der Waals surface area (Å²) >= 11 is 0. The summed E-state index contributed by atoms with van der Waals surface area (Å²) in [5.41, 5.74) is 1.13. The lowest BCUT2D eigenvalue weighted by Crippen LogP contribution is -2.45. The first-order valence-electron chi connectivity index (χ1n) is 10.5. The molecule has 2 heterocycles. The molecule has 0 saturated carbocycles. The van der Waals surface area contributed by atoms with Crippen LogP contribution in [0.15, 0.2) is 77.7 Å². The van der Waals surface area contributed by atoms with Crippen LogP contribution in [0.4, 0.5) is 11.4 Å². The normalized spacial score (nSPS) is 14.5. The molecule has 32 heavy (non-hydrogen) atoms. The van der Waals surface area contributed by atoms with Crippen LogP contribution in [0, 0.1) is 0 Å². The molecule has 2 amide bonds. The highest BCUT2D eigenvalue weighted by Gasteiger charge is 2.32. The Kier molecular flexibility index (Phi) is 5.92. The molecule has 4 rings (SSSR count). The van der Waals surface area contributed by atoms with Gasteiger partial charge in [0.1, 0.15) is 0 Å². The second-order valence-electron chi connectivity index (χ2n) is 8.20. The maximum Gasteiger partial charge on any atom is 0.257 e. The molecule has 0 fully saturated rings. The number of nitrogens with one attached hydrogen (secondary N) is 1. The number of aromatic nitrogens is 1. The molecule has 0 saturated heterocycles. The highest BCUT2D eigenvalue weighted by molar-refractivity contribution is 6.00. The Morgan fingerprint density at radius 3 is 2.56 bits per heavy atom. The lowest BCUT2D eigenvalue weighted by Gasteiger charge is -2.24. The average molecular weight is 431 g/mol. The molecular formula is C25H25N3O4. The summed E-state index contributed by atoms with van der Waals surface area (Å²) in [6, 6.07) is 19.6. The zero-order valence-electron chi connectivity index (χ0n) is 17.8. The molecule has 1 atom stereocenters. The van der Waals surface area contributed by atoms with Gasteiger partial charge in [-0.05, 0) is 42.7 Å². The number of anilines is 2. The van der Waals surface area contributed by atoms with E-state index in [4.69, 9.17) is 0 Å². The molecule has 2 N–H and O–H groups in total. The van der Waals surface area contributed by atoms with Crippen molar-refractivity contribution in [1.29, 1.82) is 0 Å². The lowest BCUT2D eigenvalue weighted by molar-refractivity contribution is -0.133. The van der Waals surface area contributed by atoms with E-state index in [9.17, 15) is 19.5 Å². The number of pyridine rings is 1. The van der Waals surface area contributed by atoms with E-state index in [0.717, 1.165) is 23.2 Å². The fourth-order valence-electron chi connectivity index (χ4n) is 3.84. The Balaban J connectivity index is 1.48. The van der Waals surface area contributed by atoms with Gasteiger partial charge in [0.05, 0.1) is 13.0 Å². The summed E-state index contributed by atoms with van der Waals surface area (Å²) < 4.78 is 1.28. The third kappa shape index (κ3) is 4.63. The van der Waals surface area contributed by atoms with Crippen LogP contribution in [-0.4, -0.2) is 33.6 Å². The fraction of sp³-hybridized carbons (Fsp3) is 0.240. The number of amides is 2. The molecule has 164 valence electrons. The predicted octanol–water partition coefficient (Wildman–Crippen LogP) is 2.37. The number of benzene rings is 2. The van der Waals surface area contributed by atoms with Gasteiger partial charge >= 0.3 is 0 Å². The quantitative estimate of drug-likeness (QED) is 0.627. The maximum absolute atomic E-state index is 12.9. The van der Waals surface area contributed by atoms with Crippen LogP contribution in [-0.2, 0) is 29.0 Å². The first kappa shape index (κ1) is 21.5. The summed E-state index contributed by atoms with van der Waals surface area (Å²) in [7, 11) is 0. The van der Waals surface area contributed by atoms with E-state index < -0.39 is 11.5 Å². The van der Waals surface area contributed by atoms with Gasteiger partial charge in [-0.3, -0.25) is 14.4 Å². The molecule has 0 spiro atoms. The molecule has 3 aromatic rings. The van der Waals surface area contributed by atoms with E-state index >= 15 is 0 Å². The number of hydrogen-bond acceptors (Lipinski definition) is 4. The van der Waals surface area contributed by atoms with Crippen molar-refractivity contribution in [3.05, 3.63) is 94.4 Å². The number of carbonyl (C=O) groups is 2. The molecule has 7 nitrogen and oxygen atoms in total. The fourth-order valence-corrected chi connectivity index (χ4v) is 3.84. The molecule has 0 bridgehead atoms. The Morgan fingerprint density at radius 2 is 1.81 bits per heavy atom. The Bertz CT molecular complexity index is 1200. The molecule has 1 aliphatic heterocycles. The third-order valence-electron chi connectivity index (χ3n) is 5.60. The lowest BCUT2D eigenvalue weighted by atomic mass is 10.1. The van der Waals surface area contributed by atoms with Crippen LogP contribution < -0.4 is 15.8 Å². The molecule has 7 heteroatoms. The van der Waals surface area contributed by atoms with E-state index in [-0.39, 0.29) is 18.0 Å². The van der Waals surface area contributed by atoms with Gasteiger partial charge in [0.15, 0.2) is 5.60 Å². The van der Waals surface area contributed by atoms with Crippen LogP contribution in [0.3, 0.4) is 0 Å². The van der Waals surface area contributed by atoms with Gasteiger partial charge in [-0.15, -0.1) is 0 Å². The van der Waals surface area contributed by atoms with Crippen molar-refractivity contribution in [2.75, 3.05) is 16.8 Å². The van der Waals surface area contributed by atoms with E-state index in [0.29, 0.717) is 18.7 Å².